The van der Waals surface area contributed by atoms with Crippen molar-refractivity contribution in [2.45, 2.75) is 26.1 Å². The van der Waals surface area contributed by atoms with Crippen LogP contribution in [0.1, 0.15) is 13.8 Å². The van der Waals surface area contributed by atoms with Gasteiger partial charge in [-0.25, -0.2) is 0 Å². The Labute approximate surface area is 163 Å². The van der Waals surface area contributed by atoms with E-state index in [1.807, 2.05) is 62.4 Å². The van der Waals surface area contributed by atoms with Gasteiger partial charge in [0.1, 0.15) is 35.2 Å². The van der Waals surface area contributed by atoms with Crippen molar-refractivity contribution in [3.05, 3.63) is 72.8 Å². The second-order valence-corrected chi connectivity index (χ2v) is 7.03. The van der Waals surface area contributed by atoms with Crippen LogP contribution in [0.3, 0.4) is 0 Å². The standard InChI is InChI=1S/C24H22O4/c1-15(27-23-9-5-17-3-7-21(25)11-19(17)13-23)16(2)28-24-10-6-18-4-8-22(26)12-20(18)14-24/h3-16,25-26H,1-2H3. The van der Waals surface area contributed by atoms with Gasteiger partial charge in [-0.3, -0.25) is 0 Å². The molecule has 0 aromatic heterocycles. The molecule has 0 fully saturated rings. The van der Waals surface area contributed by atoms with E-state index in [1.165, 1.54) is 0 Å². The number of rotatable bonds is 5. The van der Waals surface area contributed by atoms with E-state index in [2.05, 4.69) is 0 Å². The second-order valence-electron chi connectivity index (χ2n) is 7.03. The molecular formula is C24H22O4. The van der Waals surface area contributed by atoms with Crippen LogP contribution >= 0.6 is 0 Å². The molecule has 4 aromatic rings. The number of benzene rings is 4. The largest absolute Gasteiger partial charge is 0.508 e. The second kappa shape index (κ2) is 7.31. The normalized spacial score (nSPS) is 13.4. The first-order valence-corrected chi connectivity index (χ1v) is 9.27. The number of hydrogen-bond acceptors (Lipinski definition) is 4. The Kier molecular flexibility index (Phi) is 4.70. The Hall–Kier alpha value is -3.40. The fraction of sp³-hybridized carbons (Fsp3) is 0.167. The van der Waals surface area contributed by atoms with Gasteiger partial charge < -0.3 is 19.7 Å². The van der Waals surface area contributed by atoms with E-state index in [1.54, 1.807) is 24.3 Å². The van der Waals surface area contributed by atoms with Crippen LogP contribution in [0.15, 0.2) is 72.8 Å². The lowest BCUT2D eigenvalue weighted by Crippen LogP contribution is -2.31. The fourth-order valence-electron chi connectivity index (χ4n) is 3.19. The summed E-state index contributed by atoms with van der Waals surface area (Å²) in [6.45, 7) is 3.93. The van der Waals surface area contributed by atoms with Crippen LogP contribution in [-0.2, 0) is 0 Å². The van der Waals surface area contributed by atoms with Crippen molar-refractivity contribution in [2.75, 3.05) is 0 Å². The van der Waals surface area contributed by atoms with Crippen molar-refractivity contribution in [3.63, 3.8) is 0 Å². The van der Waals surface area contributed by atoms with Gasteiger partial charge in [0.25, 0.3) is 0 Å². The SMILES string of the molecule is CC(Oc1ccc2ccc(O)cc2c1)C(C)Oc1ccc2ccc(O)cc2c1. The maximum absolute atomic E-state index is 9.67. The quantitative estimate of drug-likeness (QED) is 0.475. The molecule has 4 rings (SSSR count). The molecule has 0 saturated carbocycles. The summed E-state index contributed by atoms with van der Waals surface area (Å²) in [5.74, 6) is 1.92. The van der Waals surface area contributed by atoms with Crippen LogP contribution in [0.4, 0.5) is 0 Å². The van der Waals surface area contributed by atoms with Gasteiger partial charge in [-0.05, 0) is 83.9 Å². The molecule has 4 heteroatoms. The predicted octanol–water partition coefficient (Wildman–Crippen LogP) is 5.64. The number of aromatic hydroxyl groups is 2. The van der Waals surface area contributed by atoms with E-state index in [9.17, 15) is 10.2 Å². The van der Waals surface area contributed by atoms with Crippen LogP contribution in [0.25, 0.3) is 21.5 Å². The van der Waals surface area contributed by atoms with Crippen molar-refractivity contribution >= 4 is 21.5 Å². The summed E-state index contributed by atoms with van der Waals surface area (Å²) in [6, 6.07) is 22.1. The van der Waals surface area contributed by atoms with E-state index >= 15 is 0 Å². The molecule has 0 aliphatic heterocycles. The Morgan fingerprint density at radius 3 is 1.36 bits per heavy atom. The first kappa shape index (κ1) is 18.0. The predicted molar refractivity (Wildman–Crippen MR) is 111 cm³/mol. The zero-order valence-electron chi connectivity index (χ0n) is 15.8. The third kappa shape index (κ3) is 3.81. The number of ether oxygens (including phenoxy) is 2. The minimum Gasteiger partial charge on any atom is -0.508 e. The monoisotopic (exact) mass is 374 g/mol. The maximum Gasteiger partial charge on any atom is 0.132 e. The van der Waals surface area contributed by atoms with Crippen molar-refractivity contribution in [3.8, 4) is 23.0 Å². The van der Waals surface area contributed by atoms with Crippen LogP contribution < -0.4 is 9.47 Å². The lowest BCUT2D eigenvalue weighted by molar-refractivity contribution is 0.0781. The van der Waals surface area contributed by atoms with Gasteiger partial charge in [-0.15, -0.1) is 0 Å². The van der Waals surface area contributed by atoms with Gasteiger partial charge in [-0.2, -0.15) is 0 Å². The average Bonchev–Trinajstić information content (AvgIpc) is 2.67. The Morgan fingerprint density at radius 2 is 0.929 bits per heavy atom. The molecule has 142 valence electrons. The van der Waals surface area contributed by atoms with Gasteiger partial charge in [0.05, 0.1) is 0 Å². The molecule has 2 N–H and O–H groups in total. The summed E-state index contributed by atoms with van der Waals surface area (Å²) >= 11 is 0. The van der Waals surface area contributed by atoms with Gasteiger partial charge in [0.15, 0.2) is 0 Å². The zero-order valence-corrected chi connectivity index (χ0v) is 15.8. The average molecular weight is 374 g/mol. The van der Waals surface area contributed by atoms with E-state index < -0.39 is 0 Å². The fourth-order valence-corrected chi connectivity index (χ4v) is 3.19. The summed E-state index contributed by atoms with van der Waals surface area (Å²) in [6.07, 6.45) is -0.371. The highest BCUT2D eigenvalue weighted by molar-refractivity contribution is 5.85. The molecule has 4 aromatic carbocycles. The Balaban J connectivity index is 1.48. The van der Waals surface area contributed by atoms with E-state index in [4.69, 9.17) is 9.47 Å². The summed E-state index contributed by atoms with van der Waals surface area (Å²) in [5, 5.41) is 23.3. The molecule has 0 bridgehead atoms. The molecule has 0 aliphatic rings. The van der Waals surface area contributed by atoms with Gasteiger partial charge in [-0.1, -0.05) is 24.3 Å². The molecule has 2 atom stereocenters. The first-order chi connectivity index (χ1) is 13.5. The van der Waals surface area contributed by atoms with Crippen LogP contribution in [-0.4, -0.2) is 22.4 Å². The Bertz CT molecular complexity index is 1040. The van der Waals surface area contributed by atoms with E-state index in [-0.39, 0.29) is 23.7 Å². The lowest BCUT2D eigenvalue weighted by atomic mass is 10.1. The van der Waals surface area contributed by atoms with Crippen molar-refractivity contribution in [1.82, 2.24) is 0 Å². The topological polar surface area (TPSA) is 58.9 Å². The van der Waals surface area contributed by atoms with Crippen LogP contribution in [0, 0.1) is 0 Å². The molecule has 0 radical (unpaired) electrons. The summed E-state index contributed by atoms with van der Waals surface area (Å²) in [5.41, 5.74) is 0. The molecule has 4 nitrogen and oxygen atoms in total. The van der Waals surface area contributed by atoms with Gasteiger partial charge >= 0.3 is 0 Å². The van der Waals surface area contributed by atoms with Crippen molar-refractivity contribution < 1.29 is 19.7 Å². The number of fused-ring (bicyclic) bond motifs is 2. The maximum atomic E-state index is 9.67. The molecule has 0 aliphatic carbocycles. The third-order valence-electron chi connectivity index (χ3n) is 4.90. The molecule has 0 saturated heterocycles. The first-order valence-electron chi connectivity index (χ1n) is 9.27. The molecule has 28 heavy (non-hydrogen) atoms. The zero-order chi connectivity index (χ0) is 19.7. The highest BCUT2D eigenvalue weighted by atomic mass is 16.5. The van der Waals surface area contributed by atoms with Crippen molar-refractivity contribution in [1.29, 1.82) is 0 Å². The van der Waals surface area contributed by atoms with E-state index in [0.717, 1.165) is 33.0 Å². The number of hydrogen-bond donors (Lipinski definition) is 2. The number of phenols is 2. The lowest BCUT2D eigenvalue weighted by Gasteiger charge is -2.23. The van der Waals surface area contributed by atoms with Crippen molar-refractivity contribution in [2.24, 2.45) is 0 Å². The summed E-state index contributed by atoms with van der Waals surface area (Å²) < 4.78 is 12.1. The molecular weight excluding hydrogens is 352 g/mol. The van der Waals surface area contributed by atoms with E-state index in [0.29, 0.717) is 0 Å². The summed E-state index contributed by atoms with van der Waals surface area (Å²) in [4.78, 5) is 0. The highest BCUT2D eigenvalue weighted by Crippen LogP contribution is 2.27. The third-order valence-corrected chi connectivity index (χ3v) is 4.90. The number of phenolic OH excluding ortho intramolecular Hbond substituents is 2. The molecule has 2 unspecified atom stereocenters. The smallest absolute Gasteiger partial charge is 0.132 e. The molecule has 0 spiro atoms. The van der Waals surface area contributed by atoms with Gasteiger partial charge in [0.2, 0.25) is 0 Å². The minimum atomic E-state index is -0.186. The summed E-state index contributed by atoms with van der Waals surface area (Å²) in [7, 11) is 0. The minimum absolute atomic E-state index is 0.186. The Morgan fingerprint density at radius 1 is 0.536 bits per heavy atom. The van der Waals surface area contributed by atoms with Crippen LogP contribution in [0.5, 0.6) is 23.0 Å². The highest BCUT2D eigenvalue weighted by Gasteiger charge is 2.16. The van der Waals surface area contributed by atoms with Gasteiger partial charge in [0, 0.05) is 0 Å². The molecule has 0 amide bonds. The molecule has 0 heterocycles. The van der Waals surface area contributed by atoms with Crippen LogP contribution in [0.2, 0.25) is 0 Å².